The zero-order valence-corrected chi connectivity index (χ0v) is 9.77. The van der Waals surface area contributed by atoms with Crippen molar-refractivity contribution in [2.75, 3.05) is 37.4 Å². The molecule has 0 saturated carbocycles. The smallest absolute Gasteiger partial charge is 0.353 e. The summed E-state index contributed by atoms with van der Waals surface area (Å²) in [4.78, 5) is 18.0. The molecule has 0 radical (unpaired) electrons. The Kier molecular flexibility index (Phi) is 5.08. The van der Waals surface area contributed by atoms with E-state index in [0.29, 0.717) is 19.8 Å². The van der Waals surface area contributed by atoms with Crippen LogP contribution < -0.4 is 10.6 Å². The van der Waals surface area contributed by atoms with Gasteiger partial charge in [-0.3, -0.25) is 10.1 Å². The van der Waals surface area contributed by atoms with Gasteiger partial charge in [0.2, 0.25) is 11.6 Å². The van der Waals surface area contributed by atoms with Gasteiger partial charge in [0, 0.05) is 20.2 Å². The first-order valence-electron chi connectivity index (χ1n) is 5.19. The molecular formula is C9H15N5O3. The summed E-state index contributed by atoms with van der Waals surface area (Å²) in [5.41, 5.74) is -0.161. The van der Waals surface area contributed by atoms with Gasteiger partial charge in [0.15, 0.2) is 0 Å². The summed E-state index contributed by atoms with van der Waals surface area (Å²) < 4.78 is 5.12. The van der Waals surface area contributed by atoms with Crippen molar-refractivity contribution in [3.05, 3.63) is 16.4 Å². The van der Waals surface area contributed by atoms with Gasteiger partial charge < -0.3 is 15.4 Å². The van der Waals surface area contributed by atoms with Crippen molar-refractivity contribution in [3.8, 4) is 0 Å². The Morgan fingerprint density at radius 3 is 2.76 bits per heavy atom. The van der Waals surface area contributed by atoms with Gasteiger partial charge >= 0.3 is 5.69 Å². The van der Waals surface area contributed by atoms with Crippen LogP contribution in [0.2, 0.25) is 0 Å². The van der Waals surface area contributed by atoms with Crippen LogP contribution in [-0.4, -0.2) is 41.7 Å². The van der Waals surface area contributed by atoms with Crippen LogP contribution in [-0.2, 0) is 4.74 Å². The highest BCUT2D eigenvalue weighted by Gasteiger charge is 2.21. The Labute approximate surface area is 98.6 Å². The first-order chi connectivity index (χ1) is 8.20. The number of hydrogen-bond acceptors (Lipinski definition) is 7. The molecule has 0 unspecified atom stereocenters. The lowest BCUT2D eigenvalue weighted by Crippen LogP contribution is -2.13. The van der Waals surface area contributed by atoms with E-state index in [2.05, 4.69) is 20.6 Å². The molecule has 0 amide bonds. The SMILES string of the molecule is CCOCCNc1ncnc(NC)c1[N+](=O)[O-]. The number of nitrogens with one attached hydrogen (secondary N) is 2. The zero-order chi connectivity index (χ0) is 12.7. The molecule has 1 aromatic rings. The summed E-state index contributed by atoms with van der Waals surface area (Å²) in [6, 6.07) is 0. The topological polar surface area (TPSA) is 102 Å². The van der Waals surface area contributed by atoms with Crippen molar-refractivity contribution >= 4 is 17.3 Å². The molecule has 0 aromatic carbocycles. The van der Waals surface area contributed by atoms with Crippen molar-refractivity contribution in [3.63, 3.8) is 0 Å². The van der Waals surface area contributed by atoms with Gasteiger partial charge in [-0.2, -0.15) is 0 Å². The summed E-state index contributed by atoms with van der Waals surface area (Å²) in [7, 11) is 1.57. The minimum Gasteiger partial charge on any atom is -0.380 e. The molecule has 0 fully saturated rings. The second-order valence-corrected chi connectivity index (χ2v) is 3.05. The van der Waals surface area contributed by atoms with E-state index in [4.69, 9.17) is 4.74 Å². The second-order valence-electron chi connectivity index (χ2n) is 3.05. The van der Waals surface area contributed by atoms with Crippen LogP contribution in [0.1, 0.15) is 6.92 Å². The van der Waals surface area contributed by atoms with E-state index in [1.54, 1.807) is 7.05 Å². The molecule has 0 aliphatic carbocycles. The van der Waals surface area contributed by atoms with Gasteiger partial charge in [0.1, 0.15) is 6.33 Å². The van der Waals surface area contributed by atoms with Crippen molar-refractivity contribution < 1.29 is 9.66 Å². The number of nitro groups is 1. The number of anilines is 2. The quantitative estimate of drug-likeness (QED) is 0.415. The van der Waals surface area contributed by atoms with E-state index < -0.39 is 4.92 Å². The Morgan fingerprint density at radius 1 is 1.47 bits per heavy atom. The van der Waals surface area contributed by atoms with Gasteiger partial charge in [-0.05, 0) is 6.92 Å². The summed E-state index contributed by atoms with van der Waals surface area (Å²) in [5.74, 6) is 0.373. The monoisotopic (exact) mass is 241 g/mol. The molecule has 0 atom stereocenters. The molecule has 17 heavy (non-hydrogen) atoms. The third-order valence-corrected chi connectivity index (χ3v) is 1.98. The maximum absolute atomic E-state index is 10.9. The summed E-state index contributed by atoms with van der Waals surface area (Å²) >= 11 is 0. The molecule has 8 nitrogen and oxygen atoms in total. The van der Waals surface area contributed by atoms with E-state index in [0.717, 1.165) is 0 Å². The number of aromatic nitrogens is 2. The van der Waals surface area contributed by atoms with Crippen LogP contribution in [0.3, 0.4) is 0 Å². The Morgan fingerprint density at radius 2 is 2.18 bits per heavy atom. The minimum absolute atomic E-state index is 0.161. The number of rotatable bonds is 7. The zero-order valence-electron chi connectivity index (χ0n) is 9.77. The predicted molar refractivity (Wildman–Crippen MR) is 63.2 cm³/mol. The average molecular weight is 241 g/mol. The number of nitrogens with zero attached hydrogens (tertiary/aromatic N) is 3. The fraction of sp³-hybridized carbons (Fsp3) is 0.556. The third kappa shape index (κ3) is 3.52. The lowest BCUT2D eigenvalue weighted by Gasteiger charge is -2.07. The van der Waals surface area contributed by atoms with Crippen LogP contribution in [0, 0.1) is 10.1 Å². The van der Waals surface area contributed by atoms with Crippen molar-refractivity contribution in [2.24, 2.45) is 0 Å². The van der Waals surface area contributed by atoms with E-state index in [9.17, 15) is 10.1 Å². The molecule has 1 aromatic heterocycles. The minimum atomic E-state index is -0.519. The Balaban J connectivity index is 2.79. The van der Waals surface area contributed by atoms with Crippen molar-refractivity contribution in [2.45, 2.75) is 6.92 Å². The molecule has 0 spiro atoms. The number of ether oxygens (including phenoxy) is 1. The molecule has 0 aliphatic heterocycles. The largest absolute Gasteiger partial charge is 0.380 e. The highest BCUT2D eigenvalue weighted by Crippen LogP contribution is 2.27. The molecule has 0 bridgehead atoms. The van der Waals surface area contributed by atoms with Gasteiger partial charge in [0.25, 0.3) is 0 Å². The maximum Gasteiger partial charge on any atom is 0.353 e. The summed E-state index contributed by atoms with van der Waals surface area (Å²) in [5, 5.41) is 16.4. The van der Waals surface area contributed by atoms with Gasteiger partial charge in [0.05, 0.1) is 11.5 Å². The Hall–Kier alpha value is -1.96. The molecule has 0 aliphatic rings. The van der Waals surface area contributed by atoms with Crippen molar-refractivity contribution in [1.82, 2.24) is 9.97 Å². The van der Waals surface area contributed by atoms with Crippen molar-refractivity contribution in [1.29, 1.82) is 0 Å². The molecule has 1 heterocycles. The van der Waals surface area contributed by atoms with Gasteiger partial charge in [-0.15, -0.1) is 0 Å². The van der Waals surface area contributed by atoms with Crippen LogP contribution >= 0.6 is 0 Å². The Bertz CT molecular complexity index is 385. The predicted octanol–water partition coefficient (Wildman–Crippen LogP) is 0.875. The van der Waals surface area contributed by atoms with E-state index >= 15 is 0 Å². The van der Waals surface area contributed by atoms with Crippen LogP contribution in [0.5, 0.6) is 0 Å². The molecule has 0 saturated heterocycles. The molecule has 94 valence electrons. The molecule has 1 rings (SSSR count). The number of hydrogen-bond donors (Lipinski definition) is 2. The lowest BCUT2D eigenvalue weighted by molar-refractivity contribution is -0.383. The van der Waals surface area contributed by atoms with Gasteiger partial charge in [-0.25, -0.2) is 9.97 Å². The summed E-state index contributed by atoms with van der Waals surface area (Å²) in [6.45, 7) is 3.41. The average Bonchev–Trinajstić information content (AvgIpc) is 2.33. The van der Waals surface area contributed by atoms with Crippen LogP contribution in [0.15, 0.2) is 6.33 Å². The lowest BCUT2D eigenvalue weighted by atomic mass is 10.4. The fourth-order valence-electron chi connectivity index (χ4n) is 1.25. The second kappa shape index (κ2) is 6.59. The first-order valence-corrected chi connectivity index (χ1v) is 5.19. The first kappa shape index (κ1) is 13.1. The van der Waals surface area contributed by atoms with E-state index in [1.807, 2.05) is 6.92 Å². The van der Waals surface area contributed by atoms with Gasteiger partial charge in [-0.1, -0.05) is 0 Å². The third-order valence-electron chi connectivity index (χ3n) is 1.98. The van der Waals surface area contributed by atoms with Crippen LogP contribution in [0.25, 0.3) is 0 Å². The molecule has 2 N–H and O–H groups in total. The standard InChI is InChI=1S/C9H15N5O3/c1-3-17-5-4-11-9-7(14(15)16)8(10-2)12-6-13-9/h6H,3-5H2,1-2H3,(H2,10,11,12,13). The maximum atomic E-state index is 10.9. The van der Waals surface area contributed by atoms with E-state index in [-0.39, 0.29) is 17.3 Å². The summed E-state index contributed by atoms with van der Waals surface area (Å²) in [6.07, 6.45) is 1.27. The highest BCUT2D eigenvalue weighted by molar-refractivity contribution is 5.68. The molecule has 8 heteroatoms. The molecular weight excluding hydrogens is 226 g/mol. The van der Waals surface area contributed by atoms with Crippen LogP contribution in [0.4, 0.5) is 17.3 Å². The normalized spacial score (nSPS) is 10.0. The fourth-order valence-corrected chi connectivity index (χ4v) is 1.25. The highest BCUT2D eigenvalue weighted by atomic mass is 16.6. The van der Waals surface area contributed by atoms with E-state index in [1.165, 1.54) is 6.33 Å².